The third-order valence-corrected chi connectivity index (χ3v) is 2.41. The maximum atomic E-state index is 6.14. The summed E-state index contributed by atoms with van der Waals surface area (Å²) in [6, 6.07) is 5.66. The highest BCUT2D eigenvalue weighted by Crippen LogP contribution is 2.17. The van der Waals surface area contributed by atoms with E-state index in [1.54, 1.807) is 18.6 Å². The van der Waals surface area contributed by atoms with Crippen molar-refractivity contribution in [2.24, 2.45) is 5.73 Å². The molecule has 2 aromatic rings. The molecule has 4 heteroatoms. The van der Waals surface area contributed by atoms with E-state index in [9.17, 15) is 0 Å². The molecule has 0 aliphatic carbocycles. The van der Waals surface area contributed by atoms with E-state index >= 15 is 0 Å². The van der Waals surface area contributed by atoms with Crippen molar-refractivity contribution < 1.29 is 0 Å². The maximum absolute atomic E-state index is 6.14. The zero-order valence-electron chi connectivity index (χ0n) is 8.67. The molecule has 2 heterocycles. The van der Waals surface area contributed by atoms with Crippen LogP contribution in [-0.4, -0.2) is 14.8 Å². The molecule has 0 saturated carbocycles. The lowest BCUT2D eigenvalue weighted by Crippen LogP contribution is -2.17. The van der Waals surface area contributed by atoms with Crippen LogP contribution < -0.4 is 5.73 Å². The first-order valence-electron chi connectivity index (χ1n) is 5.00. The lowest BCUT2D eigenvalue weighted by Gasteiger charge is -2.12. The lowest BCUT2D eigenvalue weighted by atomic mass is 10.1. The zero-order chi connectivity index (χ0) is 10.7. The van der Waals surface area contributed by atoms with Gasteiger partial charge in [0.05, 0.1) is 11.7 Å². The van der Waals surface area contributed by atoms with Crippen molar-refractivity contribution in [1.82, 2.24) is 14.8 Å². The summed E-state index contributed by atoms with van der Waals surface area (Å²) in [6.07, 6.45) is 5.31. The average Bonchev–Trinajstić information content (AvgIpc) is 2.77. The summed E-state index contributed by atoms with van der Waals surface area (Å²) in [5, 5.41) is 4.20. The molecule has 0 aliphatic heterocycles. The van der Waals surface area contributed by atoms with E-state index in [1.165, 1.54) is 0 Å². The van der Waals surface area contributed by atoms with Crippen LogP contribution in [0.3, 0.4) is 0 Å². The Morgan fingerprint density at radius 2 is 2.27 bits per heavy atom. The van der Waals surface area contributed by atoms with E-state index in [0.717, 1.165) is 17.8 Å². The third-order valence-electron chi connectivity index (χ3n) is 2.41. The van der Waals surface area contributed by atoms with Crippen molar-refractivity contribution >= 4 is 0 Å². The normalized spacial score (nSPS) is 12.7. The van der Waals surface area contributed by atoms with Crippen LogP contribution >= 0.6 is 0 Å². The molecule has 0 bridgehead atoms. The Kier molecular flexibility index (Phi) is 2.78. The van der Waals surface area contributed by atoms with Gasteiger partial charge in [0, 0.05) is 25.1 Å². The summed E-state index contributed by atoms with van der Waals surface area (Å²) in [5.41, 5.74) is 8.16. The number of hydrogen-bond acceptors (Lipinski definition) is 3. The second kappa shape index (κ2) is 4.23. The Morgan fingerprint density at radius 1 is 1.40 bits per heavy atom. The minimum atomic E-state index is -0.152. The van der Waals surface area contributed by atoms with Gasteiger partial charge in [-0.3, -0.25) is 9.67 Å². The SMILES string of the molecule is CCn1nccc1C(N)c1cccnc1. The third kappa shape index (κ3) is 1.89. The van der Waals surface area contributed by atoms with Crippen LogP contribution in [-0.2, 0) is 6.54 Å². The fraction of sp³-hybridized carbons (Fsp3) is 0.273. The minimum absolute atomic E-state index is 0.152. The number of nitrogens with zero attached hydrogens (tertiary/aromatic N) is 3. The molecule has 1 unspecified atom stereocenters. The van der Waals surface area contributed by atoms with Crippen molar-refractivity contribution in [2.75, 3.05) is 0 Å². The maximum Gasteiger partial charge on any atom is 0.0738 e. The summed E-state index contributed by atoms with van der Waals surface area (Å²) in [6.45, 7) is 2.88. The van der Waals surface area contributed by atoms with Crippen molar-refractivity contribution in [3.63, 3.8) is 0 Å². The predicted octanol–water partition coefficient (Wildman–Crippen LogP) is 1.35. The summed E-state index contributed by atoms with van der Waals surface area (Å²) < 4.78 is 1.90. The molecule has 0 radical (unpaired) electrons. The standard InChI is InChI=1S/C11H14N4/c1-2-15-10(5-7-14-15)11(12)9-4-3-6-13-8-9/h3-8,11H,2,12H2,1H3. The van der Waals surface area contributed by atoms with Crippen LogP contribution in [0.5, 0.6) is 0 Å². The van der Waals surface area contributed by atoms with E-state index in [-0.39, 0.29) is 6.04 Å². The zero-order valence-corrected chi connectivity index (χ0v) is 8.67. The van der Waals surface area contributed by atoms with Gasteiger partial charge in [0.25, 0.3) is 0 Å². The number of hydrogen-bond donors (Lipinski definition) is 1. The molecular formula is C11H14N4. The lowest BCUT2D eigenvalue weighted by molar-refractivity contribution is 0.600. The second-order valence-corrected chi connectivity index (χ2v) is 3.34. The molecule has 2 N–H and O–H groups in total. The van der Waals surface area contributed by atoms with Crippen LogP contribution in [0.4, 0.5) is 0 Å². The monoisotopic (exact) mass is 202 g/mol. The number of aryl methyl sites for hydroxylation is 1. The van der Waals surface area contributed by atoms with E-state index in [1.807, 2.05) is 29.8 Å². The number of rotatable bonds is 3. The minimum Gasteiger partial charge on any atom is -0.319 e. The van der Waals surface area contributed by atoms with Crippen molar-refractivity contribution in [1.29, 1.82) is 0 Å². The largest absolute Gasteiger partial charge is 0.319 e. The Balaban J connectivity index is 2.32. The van der Waals surface area contributed by atoms with E-state index in [4.69, 9.17) is 5.73 Å². The molecule has 4 nitrogen and oxygen atoms in total. The van der Waals surface area contributed by atoms with Crippen LogP contribution in [0.1, 0.15) is 24.2 Å². The average molecular weight is 202 g/mol. The topological polar surface area (TPSA) is 56.7 Å². The van der Waals surface area contributed by atoms with Gasteiger partial charge in [0.15, 0.2) is 0 Å². The second-order valence-electron chi connectivity index (χ2n) is 3.34. The number of nitrogens with two attached hydrogens (primary N) is 1. The van der Waals surface area contributed by atoms with Gasteiger partial charge in [-0.05, 0) is 24.6 Å². The van der Waals surface area contributed by atoms with Gasteiger partial charge in [0.2, 0.25) is 0 Å². The van der Waals surface area contributed by atoms with Crippen LogP contribution in [0.25, 0.3) is 0 Å². The molecule has 0 aromatic carbocycles. The summed E-state index contributed by atoms with van der Waals surface area (Å²) in [7, 11) is 0. The van der Waals surface area contributed by atoms with Gasteiger partial charge >= 0.3 is 0 Å². The summed E-state index contributed by atoms with van der Waals surface area (Å²) in [4.78, 5) is 4.06. The summed E-state index contributed by atoms with van der Waals surface area (Å²) in [5.74, 6) is 0. The van der Waals surface area contributed by atoms with E-state index in [2.05, 4.69) is 10.1 Å². The molecular weight excluding hydrogens is 188 g/mol. The quantitative estimate of drug-likeness (QED) is 0.817. The Labute approximate surface area is 88.8 Å². The van der Waals surface area contributed by atoms with Gasteiger partial charge < -0.3 is 5.73 Å². The number of aromatic nitrogens is 3. The smallest absolute Gasteiger partial charge is 0.0738 e. The highest BCUT2D eigenvalue weighted by atomic mass is 15.3. The molecule has 2 rings (SSSR count). The van der Waals surface area contributed by atoms with Crippen molar-refractivity contribution in [2.45, 2.75) is 19.5 Å². The van der Waals surface area contributed by atoms with Crippen molar-refractivity contribution in [3.8, 4) is 0 Å². The Morgan fingerprint density at radius 3 is 2.93 bits per heavy atom. The van der Waals surface area contributed by atoms with Gasteiger partial charge in [-0.15, -0.1) is 0 Å². The van der Waals surface area contributed by atoms with Gasteiger partial charge in [-0.25, -0.2) is 0 Å². The molecule has 1 atom stereocenters. The predicted molar refractivity (Wildman–Crippen MR) is 58.2 cm³/mol. The molecule has 2 aromatic heterocycles. The molecule has 0 amide bonds. The van der Waals surface area contributed by atoms with E-state index < -0.39 is 0 Å². The molecule has 0 fully saturated rings. The van der Waals surface area contributed by atoms with Gasteiger partial charge in [-0.1, -0.05) is 6.07 Å². The molecule has 0 aliphatic rings. The number of pyridine rings is 1. The first kappa shape index (κ1) is 9.86. The Bertz CT molecular complexity index is 421. The van der Waals surface area contributed by atoms with Crippen LogP contribution in [0.2, 0.25) is 0 Å². The van der Waals surface area contributed by atoms with Gasteiger partial charge in [-0.2, -0.15) is 5.10 Å². The van der Waals surface area contributed by atoms with Crippen LogP contribution in [0, 0.1) is 0 Å². The summed E-state index contributed by atoms with van der Waals surface area (Å²) >= 11 is 0. The Hall–Kier alpha value is -1.68. The fourth-order valence-electron chi connectivity index (χ4n) is 1.60. The molecule has 78 valence electrons. The molecule has 15 heavy (non-hydrogen) atoms. The fourth-order valence-corrected chi connectivity index (χ4v) is 1.60. The van der Waals surface area contributed by atoms with E-state index in [0.29, 0.717) is 0 Å². The van der Waals surface area contributed by atoms with Crippen molar-refractivity contribution in [3.05, 3.63) is 48.0 Å². The molecule has 0 spiro atoms. The first-order valence-corrected chi connectivity index (χ1v) is 5.00. The van der Waals surface area contributed by atoms with Gasteiger partial charge in [0.1, 0.15) is 0 Å². The first-order chi connectivity index (χ1) is 7.33. The molecule has 0 saturated heterocycles. The highest BCUT2D eigenvalue weighted by Gasteiger charge is 2.12. The van der Waals surface area contributed by atoms with Crippen LogP contribution in [0.15, 0.2) is 36.8 Å². The highest BCUT2D eigenvalue weighted by molar-refractivity contribution is 5.24.